The van der Waals surface area contributed by atoms with Crippen LogP contribution in [-0.2, 0) is 6.54 Å². The zero-order chi connectivity index (χ0) is 22.7. The van der Waals surface area contributed by atoms with Gasteiger partial charge in [0.25, 0.3) is 11.5 Å². The first-order valence-electron chi connectivity index (χ1n) is 10.8. The van der Waals surface area contributed by atoms with E-state index >= 15 is 0 Å². The first-order valence-corrected chi connectivity index (χ1v) is 10.8. The van der Waals surface area contributed by atoms with E-state index in [9.17, 15) is 9.59 Å². The van der Waals surface area contributed by atoms with Gasteiger partial charge < -0.3 is 25.4 Å². The number of aromatic nitrogens is 1. The maximum absolute atomic E-state index is 12.6. The Morgan fingerprint density at radius 2 is 1.94 bits per heavy atom. The number of allylic oxidation sites excluding steroid dienone is 1. The van der Waals surface area contributed by atoms with Crippen LogP contribution >= 0.6 is 0 Å². The first-order chi connectivity index (χ1) is 14.8. The number of hydrogen-bond acceptors (Lipinski definition) is 5. The maximum Gasteiger partial charge on any atom is 0.252 e. The summed E-state index contributed by atoms with van der Waals surface area (Å²) in [6, 6.07) is 5.52. The number of nitrogens with one attached hydrogen (secondary N) is 1. The smallest absolute Gasteiger partial charge is 0.252 e. The molecule has 7 nitrogen and oxygen atoms in total. The van der Waals surface area contributed by atoms with Gasteiger partial charge in [0.05, 0.1) is 16.9 Å². The molecular weight excluding hydrogens is 390 g/mol. The molecular formula is C24H33N5O2. The van der Waals surface area contributed by atoms with Crippen molar-refractivity contribution in [2.24, 2.45) is 5.73 Å². The third-order valence-electron chi connectivity index (χ3n) is 5.89. The van der Waals surface area contributed by atoms with Crippen LogP contribution in [0.5, 0.6) is 0 Å². The van der Waals surface area contributed by atoms with Gasteiger partial charge in [-0.05, 0) is 62.5 Å². The van der Waals surface area contributed by atoms with E-state index in [4.69, 9.17) is 5.73 Å². The number of hydrogen-bond donors (Lipinski definition) is 2. The van der Waals surface area contributed by atoms with E-state index in [0.29, 0.717) is 12.1 Å². The van der Waals surface area contributed by atoms with E-state index in [-0.39, 0.29) is 11.5 Å². The zero-order valence-electron chi connectivity index (χ0n) is 19.1. The lowest BCUT2D eigenvalue weighted by atomic mass is 9.83. The highest BCUT2D eigenvalue weighted by molar-refractivity contribution is 6.07. The molecule has 2 aromatic rings. The molecule has 1 unspecified atom stereocenters. The van der Waals surface area contributed by atoms with Gasteiger partial charge in [0, 0.05) is 44.9 Å². The fourth-order valence-corrected chi connectivity index (χ4v) is 4.10. The van der Waals surface area contributed by atoms with E-state index in [1.54, 1.807) is 10.6 Å². The Morgan fingerprint density at radius 3 is 2.55 bits per heavy atom. The van der Waals surface area contributed by atoms with E-state index in [1.807, 2.05) is 46.5 Å². The SMILES string of the molecule is CCC1C=CNc2c(C(N)=O)c(N(C)CCN(C)C)cc(-c3ccc(=O)n(CC)c3)c21. The molecule has 1 aromatic carbocycles. The van der Waals surface area contributed by atoms with E-state index < -0.39 is 5.91 Å². The number of likely N-dealkylation sites (N-methyl/N-ethyl adjacent to an activating group) is 2. The normalized spacial score (nSPS) is 15.0. The number of benzene rings is 1. The summed E-state index contributed by atoms with van der Waals surface area (Å²) < 4.78 is 1.70. The number of rotatable bonds is 8. The van der Waals surface area contributed by atoms with Crippen molar-refractivity contribution in [3.8, 4) is 11.1 Å². The number of aryl methyl sites for hydroxylation is 1. The van der Waals surface area contributed by atoms with Crippen LogP contribution in [-0.4, -0.2) is 49.6 Å². The molecule has 0 aliphatic carbocycles. The quantitative estimate of drug-likeness (QED) is 0.682. The summed E-state index contributed by atoms with van der Waals surface area (Å²) in [5.41, 5.74) is 10.9. The summed E-state index contributed by atoms with van der Waals surface area (Å²) in [6.07, 6.45) is 6.79. The molecule has 1 aliphatic heterocycles. The van der Waals surface area contributed by atoms with Crippen molar-refractivity contribution in [1.82, 2.24) is 9.47 Å². The van der Waals surface area contributed by atoms with Gasteiger partial charge in [-0.2, -0.15) is 0 Å². The number of pyridine rings is 1. The monoisotopic (exact) mass is 423 g/mol. The summed E-state index contributed by atoms with van der Waals surface area (Å²) in [5, 5.41) is 3.30. The minimum atomic E-state index is -0.453. The summed E-state index contributed by atoms with van der Waals surface area (Å²) in [6.45, 7) is 6.26. The molecule has 7 heteroatoms. The average molecular weight is 424 g/mol. The summed E-state index contributed by atoms with van der Waals surface area (Å²) in [5.74, 6) is -0.307. The Balaban J connectivity index is 2.30. The van der Waals surface area contributed by atoms with Gasteiger partial charge in [-0.3, -0.25) is 9.59 Å². The molecule has 0 bridgehead atoms. The van der Waals surface area contributed by atoms with Gasteiger partial charge >= 0.3 is 0 Å². The minimum Gasteiger partial charge on any atom is -0.373 e. The van der Waals surface area contributed by atoms with Crippen molar-refractivity contribution in [2.75, 3.05) is 44.4 Å². The molecule has 2 heterocycles. The second-order valence-electron chi connectivity index (χ2n) is 8.26. The minimum absolute atomic E-state index is 0.0257. The van der Waals surface area contributed by atoms with Crippen LogP contribution < -0.4 is 21.5 Å². The third-order valence-corrected chi connectivity index (χ3v) is 5.89. The van der Waals surface area contributed by atoms with Crippen LogP contribution in [0.3, 0.4) is 0 Å². The fraction of sp³-hybridized carbons (Fsp3) is 0.417. The van der Waals surface area contributed by atoms with Crippen LogP contribution in [0, 0.1) is 0 Å². The largest absolute Gasteiger partial charge is 0.373 e. The maximum atomic E-state index is 12.6. The lowest BCUT2D eigenvalue weighted by molar-refractivity contribution is 0.100. The van der Waals surface area contributed by atoms with Crippen LogP contribution in [0.25, 0.3) is 11.1 Å². The van der Waals surface area contributed by atoms with Gasteiger partial charge in [-0.15, -0.1) is 0 Å². The van der Waals surface area contributed by atoms with Crippen LogP contribution in [0.4, 0.5) is 11.4 Å². The highest BCUT2D eigenvalue weighted by Crippen LogP contribution is 2.45. The van der Waals surface area contributed by atoms with Gasteiger partial charge in [-0.25, -0.2) is 0 Å². The Kier molecular flexibility index (Phi) is 6.85. The molecule has 1 amide bonds. The Hall–Kier alpha value is -3.06. The molecule has 0 saturated heterocycles. The molecule has 31 heavy (non-hydrogen) atoms. The molecule has 0 spiro atoms. The number of anilines is 2. The van der Waals surface area contributed by atoms with Crippen molar-refractivity contribution in [3.63, 3.8) is 0 Å². The Morgan fingerprint density at radius 1 is 1.19 bits per heavy atom. The number of carbonyl (C=O) groups excluding carboxylic acids is 1. The Labute approximate surface area is 184 Å². The summed E-state index contributed by atoms with van der Waals surface area (Å²) in [4.78, 5) is 28.9. The number of nitrogens with zero attached hydrogens (tertiary/aromatic N) is 3. The Bertz CT molecular complexity index is 1050. The highest BCUT2D eigenvalue weighted by Gasteiger charge is 2.28. The molecule has 1 aromatic heterocycles. The topological polar surface area (TPSA) is 83.6 Å². The fourth-order valence-electron chi connectivity index (χ4n) is 4.10. The molecule has 1 aliphatic rings. The number of primary amides is 1. The second kappa shape index (κ2) is 9.39. The summed E-state index contributed by atoms with van der Waals surface area (Å²) in [7, 11) is 6.02. The van der Waals surface area contributed by atoms with Crippen LogP contribution in [0.1, 0.15) is 42.1 Å². The molecule has 166 valence electrons. The number of nitrogens with two attached hydrogens (primary N) is 1. The molecule has 3 N–H and O–H groups in total. The number of carbonyl (C=O) groups is 1. The van der Waals surface area contributed by atoms with Crippen molar-refractivity contribution in [3.05, 3.63) is 58.2 Å². The van der Waals surface area contributed by atoms with Gasteiger partial charge in [0.1, 0.15) is 0 Å². The standard InChI is InChI=1S/C24H33N5O2/c1-6-16-10-11-26-23-21(16)18(17-8-9-20(30)29(7-2)15-17)14-19(22(23)24(25)31)28(5)13-12-27(3)4/h8-11,14-16,26H,6-7,12-13H2,1-5H3,(H2,25,31). The lowest BCUT2D eigenvalue weighted by Gasteiger charge is -2.31. The zero-order valence-corrected chi connectivity index (χ0v) is 19.1. The predicted molar refractivity (Wildman–Crippen MR) is 128 cm³/mol. The van der Waals surface area contributed by atoms with Crippen LogP contribution in [0.2, 0.25) is 0 Å². The first kappa shape index (κ1) is 22.6. The van der Waals surface area contributed by atoms with Gasteiger partial charge in [0.2, 0.25) is 0 Å². The molecule has 1 atom stereocenters. The van der Waals surface area contributed by atoms with Crippen molar-refractivity contribution < 1.29 is 4.79 Å². The van der Waals surface area contributed by atoms with Crippen LogP contribution in [0.15, 0.2) is 41.5 Å². The van der Waals surface area contributed by atoms with E-state index in [0.717, 1.165) is 47.6 Å². The average Bonchev–Trinajstić information content (AvgIpc) is 2.75. The highest BCUT2D eigenvalue weighted by atomic mass is 16.1. The van der Waals surface area contributed by atoms with Crippen molar-refractivity contribution >= 4 is 17.3 Å². The number of fused-ring (bicyclic) bond motifs is 1. The van der Waals surface area contributed by atoms with Gasteiger partial charge in [-0.1, -0.05) is 13.0 Å². The van der Waals surface area contributed by atoms with Gasteiger partial charge in [0.15, 0.2) is 0 Å². The second-order valence-corrected chi connectivity index (χ2v) is 8.26. The van der Waals surface area contributed by atoms with E-state index in [2.05, 4.69) is 34.2 Å². The van der Waals surface area contributed by atoms with Crippen molar-refractivity contribution in [2.45, 2.75) is 32.7 Å². The predicted octanol–water partition coefficient (Wildman–Crippen LogP) is 3.06. The summed E-state index contributed by atoms with van der Waals surface area (Å²) >= 11 is 0. The molecule has 0 saturated carbocycles. The molecule has 0 radical (unpaired) electrons. The number of amides is 1. The molecule has 0 fully saturated rings. The molecule has 3 rings (SSSR count). The van der Waals surface area contributed by atoms with E-state index in [1.165, 1.54) is 0 Å². The third kappa shape index (κ3) is 4.51. The lowest BCUT2D eigenvalue weighted by Crippen LogP contribution is -2.31. The van der Waals surface area contributed by atoms with Crippen molar-refractivity contribution in [1.29, 1.82) is 0 Å².